The molecule has 3 aliphatic carbocycles. The highest BCUT2D eigenvalue weighted by atomic mass is 79.9. The Kier molecular flexibility index (Phi) is 3.08. The van der Waals surface area contributed by atoms with Gasteiger partial charge >= 0.3 is 5.97 Å². The molecule has 1 heterocycles. The maximum absolute atomic E-state index is 12.7. The van der Waals surface area contributed by atoms with E-state index in [0.29, 0.717) is 10.3 Å². The molecule has 3 fully saturated rings. The van der Waals surface area contributed by atoms with Gasteiger partial charge in [-0.15, -0.1) is 0 Å². The van der Waals surface area contributed by atoms with Gasteiger partial charge in [-0.3, -0.25) is 9.59 Å². The minimum atomic E-state index is -0.812. The Hall–Kier alpha value is -1.43. The summed E-state index contributed by atoms with van der Waals surface area (Å²) in [7, 11) is 0. The lowest BCUT2D eigenvalue weighted by molar-refractivity contribution is -0.148. The van der Waals surface area contributed by atoms with E-state index in [0.717, 1.165) is 25.7 Å². The van der Waals surface area contributed by atoms with Crippen LogP contribution >= 0.6 is 15.9 Å². The van der Waals surface area contributed by atoms with Crippen molar-refractivity contribution in [3.05, 3.63) is 22.9 Å². The summed E-state index contributed by atoms with van der Waals surface area (Å²) in [6.45, 7) is 0. The van der Waals surface area contributed by atoms with E-state index >= 15 is 0 Å². The highest BCUT2D eigenvalue weighted by Gasteiger charge is 2.71. The van der Waals surface area contributed by atoms with Gasteiger partial charge in [-0.25, -0.2) is 4.98 Å². The van der Waals surface area contributed by atoms with Crippen molar-refractivity contribution in [2.75, 3.05) is 5.32 Å². The molecule has 0 saturated heterocycles. The molecule has 0 radical (unpaired) electrons. The Morgan fingerprint density at radius 3 is 2.45 bits per heavy atom. The van der Waals surface area contributed by atoms with Crippen LogP contribution in [0.1, 0.15) is 25.7 Å². The Labute approximate surface area is 136 Å². The summed E-state index contributed by atoms with van der Waals surface area (Å²) in [6.07, 6.45) is 5.72. The number of amides is 1. The van der Waals surface area contributed by atoms with Crippen LogP contribution in [0, 0.1) is 29.1 Å². The van der Waals surface area contributed by atoms with Gasteiger partial charge in [-0.2, -0.15) is 0 Å². The third kappa shape index (κ3) is 1.93. The second kappa shape index (κ2) is 4.78. The van der Waals surface area contributed by atoms with Gasteiger partial charge in [0.05, 0.1) is 23.7 Å². The molecule has 3 saturated carbocycles. The third-order valence-corrected chi connectivity index (χ3v) is 6.40. The SMILES string of the molecule is O=C(O)[C@H]1[C@H](C(=O)Nc2ccc(Br)nc2)[C@@H]2CC[C@H]1C21CC1. The highest BCUT2D eigenvalue weighted by Crippen LogP contribution is 2.74. The van der Waals surface area contributed by atoms with Crippen molar-refractivity contribution in [1.29, 1.82) is 0 Å². The first-order chi connectivity index (χ1) is 10.5. The zero-order valence-corrected chi connectivity index (χ0v) is 13.5. The largest absolute Gasteiger partial charge is 0.481 e. The van der Waals surface area contributed by atoms with Gasteiger partial charge in [0.1, 0.15) is 4.60 Å². The van der Waals surface area contributed by atoms with Crippen LogP contribution in [0.4, 0.5) is 5.69 Å². The van der Waals surface area contributed by atoms with Crippen LogP contribution in [-0.4, -0.2) is 22.0 Å². The highest BCUT2D eigenvalue weighted by molar-refractivity contribution is 9.10. The van der Waals surface area contributed by atoms with Gasteiger partial charge in [-0.05, 0) is 71.0 Å². The smallest absolute Gasteiger partial charge is 0.307 e. The van der Waals surface area contributed by atoms with Crippen molar-refractivity contribution >= 4 is 33.5 Å². The molecule has 2 N–H and O–H groups in total. The van der Waals surface area contributed by atoms with Crippen molar-refractivity contribution in [2.24, 2.45) is 29.1 Å². The molecule has 22 heavy (non-hydrogen) atoms. The average Bonchev–Trinajstić information content (AvgIpc) is 3.15. The van der Waals surface area contributed by atoms with E-state index in [1.165, 1.54) is 0 Å². The van der Waals surface area contributed by atoms with Gasteiger partial charge in [0.2, 0.25) is 5.91 Å². The van der Waals surface area contributed by atoms with E-state index in [-0.39, 0.29) is 23.2 Å². The summed E-state index contributed by atoms with van der Waals surface area (Å²) >= 11 is 3.25. The lowest BCUT2D eigenvalue weighted by Gasteiger charge is -2.26. The first-order valence-electron chi connectivity index (χ1n) is 7.68. The topological polar surface area (TPSA) is 79.3 Å². The number of carbonyl (C=O) groups excluding carboxylic acids is 1. The van der Waals surface area contributed by atoms with Crippen molar-refractivity contribution < 1.29 is 14.7 Å². The van der Waals surface area contributed by atoms with E-state index in [2.05, 4.69) is 26.2 Å². The summed E-state index contributed by atoms with van der Waals surface area (Å²) < 4.78 is 0.700. The Morgan fingerprint density at radius 2 is 1.91 bits per heavy atom. The monoisotopic (exact) mass is 364 g/mol. The van der Waals surface area contributed by atoms with E-state index < -0.39 is 17.8 Å². The van der Waals surface area contributed by atoms with Crippen LogP contribution in [0.15, 0.2) is 22.9 Å². The number of rotatable bonds is 3. The van der Waals surface area contributed by atoms with Crippen LogP contribution in [0.3, 0.4) is 0 Å². The molecule has 6 heteroatoms. The molecule has 1 spiro atoms. The molecule has 1 aromatic rings. The summed E-state index contributed by atoms with van der Waals surface area (Å²) in [4.78, 5) is 28.5. The maximum Gasteiger partial charge on any atom is 0.307 e. The number of nitrogens with one attached hydrogen (secondary N) is 1. The summed E-state index contributed by atoms with van der Waals surface area (Å²) in [5.41, 5.74) is 0.771. The molecule has 116 valence electrons. The second-order valence-corrected chi connectivity index (χ2v) is 7.58. The lowest BCUT2D eigenvalue weighted by atomic mass is 9.78. The summed E-state index contributed by atoms with van der Waals surface area (Å²) in [5.74, 6) is -1.47. The lowest BCUT2D eigenvalue weighted by Crippen LogP contribution is -2.37. The minimum absolute atomic E-state index is 0.156. The molecule has 3 aliphatic rings. The van der Waals surface area contributed by atoms with Crippen LogP contribution in [0.25, 0.3) is 0 Å². The zero-order valence-electron chi connectivity index (χ0n) is 12.0. The Balaban J connectivity index is 1.59. The van der Waals surface area contributed by atoms with Crippen molar-refractivity contribution in [2.45, 2.75) is 25.7 Å². The number of aliphatic carboxylic acids is 1. The molecule has 4 rings (SSSR count). The Morgan fingerprint density at radius 1 is 1.23 bits per heavy atom. The summed E-state index contributed by atoms with van der Waals surface area (Å²) in [6, 6.07) is 3.53. The minimum Gasteiger partial charge on any atom is -0.481 e. The molecule has 0 unspecified atom stereocenters. The maximum atomic E-state index is 12.7. The van der Waals surface area contributed by atoms with Crippen LogP contribution < -0.4 is 5.32 Å². The number of hydrogen-bond acceptors (Lipinski definition) is 3. The van der Waals surface area contributed by atoms with Crippen molar-refractivity contribution in [3.8, 4) is 0 Å². The molecule has 1 amide bonds. The number of pyridine rings is 1. The molecule has 0 aromatic carbocycles. The second-order valence-electron chi connectivity index (χ2n) is 6.77. The van der Waals surface area contributed by atoms with E-state index in [9.17, 15) is 14.7 Å². The van der Waals surface area contributed by atoms with E-state index in [4.69, 9.17) is 0 Å². The zero-order chi connectivity index (χ0) is 15.5. The standard InChI is InChI=1S/C16H17BrN2O3/c17-11-4-1-8(7-18-11)19-14(20)12-9-2-3-10(13(12)15(21)22)16(9)5-6-16/h1,4,7,9-10,12-13H,2-3,5-6H2,(H,19,20)(H,21,22)/t9-,10+,12+,13+/m0/s1. The number of anilines is 1. The molecule has 4 atom stereocenters. The average molecular weight is 365 g/mol. The molecule has 0 aliphatic heterocycles. The number of nitrogens with zero attached hydrogens (tertiary/aromatic N) is 1. The number of carbonyl (C=O) groups is 2. The van der Waals surface area contributed by atoms with Gasteiger partial charge in [-0.1, -0.05) is 0 Å². The third-order valence-electron chi connectivity index (χ3n) is 5.93. The number of carboxylic acid groups (broad SMARTS) is 1. The normalized spacial score (nSPS) is 33.9. The van der Waals surface area contributed by atoms with Crippen LogP contribution in [-0.2, 0) is 9.59 Å². The number of aromatic nitrogens is 1. The van der Waals surface area contributed by atoms with Crippen molar-refractivity contribution in [3.63, 3.8) is 0 Å². The quantitative estimate of drug-likeness (QED) is 0.808. The van der Waals surface area contributed by atoms with Gasteiger partial charge in [0.25, 0.3) is 0 Å². The molecule has 5 nitrogen and oxygen atoms in total. The van der Waals surface area contributed by atoms with Gasteiger partial charge in [0.15, 0.2) is 0 Å². The molecular formula is C16H17BrN2O3. The molecule has 1 aromatic heterocycles. The van der Waals surface area contributed by atoms with Crippen LogP contribution in [0.5, 0.6) is 0 Å². The van der Waals surface area contributed by atoms with Crippen molar-refractivity contribution in [1.82, 2.24) is 4.98 Å². The predicted octanol–water partition coefficient (Wildman–Crippen LogP) is 2.92. The Bertz CT molecular complexity index is 641. The summed E-state index contributed by atoms with van der Waals surface area (Å²) in [5, 5.41) is 12.5. The van der Waals surface area contributed by atoms with Gasteiger partial charge in [0, 0.05) is 0 Å². The predicted molar refractivity (Wildman–Crippen MR) is 83.1 cm³/mol. The van der Waals surface area contributed by atoms with E-state index in [1.807, 2.05) is 0 Å². The number of hydrogen-bond donors (Lipinski definition) is 2. The van der Waals surface area contributed by atoms with E-state index in [1.54, 1.807) is 18.3 Å². The van der Waals surface area contributed by atoms with Gasteiger partial charge < -0.3 is 10.4 Å². The van der Waals surface area contributed by atoms with Crippen LogP contribution in [0.2, 0.25) is 0 Å². The molecular weight excluding hydrogens is 348 g/mol. The first-order valence-corrected chi connectivity index (χ1v) is 8.47. The fourth-order valence-electron chi connectivity index (χ4n) is 5.02. The number of halogens is 1. The fraction of sp³-hybridized carbons (Fsp3) is 0.562. The first kappa shape index (κ1) is 14.2. The molecule has 2 bridgehead atoms. The fourth-order valence-corrected chi connectivity index (χ4v) is 5.25. The number of carboxylic acids is 1.